The van der Waals surface area contributed by atoms with Crippen molar-refractivity contribution in [3.05, 3.63) is 95.8 Å². The highest BCUT2D eigenvalue weighted by atomic mass is 19.1. The number of imide groups is 1. The highest BCUT2D eigenvalue weighted by molar-refractivity contribution is 6.24. The topological polar surface area (TPSA) is 79.0 Å². The van der Waals surface area contributed by atoms with E-state index in [9.17, 15) is 18.8 Å². The molecule has 0 unspecified atom stereocenters. The van der Waals surface area contributed by atoms with Gasteiger partial charge >= 0.3 is 5.97 Å². The summed E-state index contributed by atoms with van der Waals surface area (Å²) in [6.45, 7) is 0. The van der Waals surface area contributed by atoms with Crippen molar-refractivity contribution >= 4 is 29.2 Å². The molecule has 2 amide bonds. The number of hydrogen-bond acceptors (Lipinski definition) is 6. The third-order valence-electron chi connectivity index (χ3n) is 7.16. The van der Waals surface area contributed by atoms with Crippen LogP contribution in [0.25, 0.3) is 0 Å². The lowest BCUT2D eigenvalue weighted by Gasteiger charge is -2.33. The molecule has 0 radical (unpaired) electrons. The van der Waals surface area contributed by atoms with E-state index in [4.69, 9.17) is 4.74 Å². The molecule has 5 rings (SSSR count). The fraction of sp³-hybridized carbons (Fsp3) is 0.250. The molecular weight excluding hydrogens is 461 g/mol. The summed E-state index contributed by atoms with van der Waals surface area (Å²) in [7, 11) is 5.09. The number of amides is 2. The standard InChI is InChI=1S/C28H26FN3O4/c1-31(2)19-15-13-17(14-16-19)24-22-23(26(34)32(25(22)33)21-12-8-7-11-20(21)29)28(30-24,27(35)36-3)18-9-5-4-6-10-18/h4-16,22-24,30H,1-3H3/t22-,23+,24-,28-/m1/s1. The van der Waals surface area contributed by atoms with Crippen LogP contribution in [0, 0.1) is 17.7 Å². The Morgan fingerprint density at radius 1 is 0.944 bits per heavy atom. The largest absolute Gasteiger partial charge is 0.467 e. The molecule has 2 aliphatic heterocycles. The summed E-state index contributed by atoms with van der Waals surface area (Å²) in [4.78, 5) is 44.2. The number of esters is 1. The van der Waals surface area contributed by atoms with Crippen molar-refractivity contribution in [3.63, 3.8) is 0 Å². The monoisotopic (exact) mass is 487 g/mol. The van der Waals surface area contributed by atoms with E-state index in [1.165, 1.54) is 25.3 Å². The van der Waals surface area contributed by atoms with Crippen molar-refractivity contribution < 1.29 is 23.5 Å². The summed E-state index contributed by atoms with van der Waals surface area (Å²) in [5, 5.41) is 3.34. The third kappa shape index (κ3) is 3.40. The van der Waals surface area contributed by atoms with Crippen LogP contribution in [0.2, 0.25) is 0 Å². The van der Waals surface area contributed by atoms with Crippen LogP contribution in [0.4, 0.5) is 15.8 Å². The average Bonchev–Trinajstić information content (AvgIpc) is 3.39. The van der Waals surface area contributed by atoms with Gasteiger partial charge < -0.3 is 9.64 Å². The first-order valence-corrected chi connectivity index (χ1v) is 11.6. The van der Waals surface area contributed by atoms with E-state index >= 15 is 0 Å². The smallest absolute Gasteiger partial charge is 0.331 e. The van der Waals surface area contributed by atoms with E-state index in [-0.39, 0.29) is 5.69 Å². The minimum absolute atomic E-state index is 0.129. The van der Waals surface area contributed by atoms with E-state index < -0.39 is 47.0 Å². The summed E-state index contributed by atoms with van der Waals surface area (Å²) in [6.07, 6.45) is 0. The number of ether oxygens (including phenoxy) is 1. The van der Waals surface area contributed by atoms with Crippen molar-refractivity contribution in [1.29, 1.82) is 0 Å². The molecule has 7 nitrogen and oxygen atoms in total. The Bertz CT molecular complexity index is 1330. The first-order chi connectivity index (χ1) is 17.3. The van der Waals surface area contributed by atoms with E-state index in [1.54, 1.807) is 36.4 Å². The summed E-state index contributed by atoms with van der Waals surface area (Å²) in [5.74, 6) is -4.69. The minimum Gasteiger partial charge on any atom is -0.467 e. The van der Waals surface area contributed by atoms with E-state index in [2.05, 4.69) is 5.32 Å². The normalized spacial score (nSPS) is 25.1. The van der Waals surface area contributed by atoms with Crippen molar-refractivity contribution in [2.45, 2.75) is 11.6 Å². The van der Waals surface area contributed by atoms with Gasteiger partial charge in [0.05, 0.1) is 24.6 Å². The van der Waals surface area contributed by atoms with E-state index in [1.807, 2.05) is 43.3 Å². The van der Waals surface area contributed by atoms with Crippen LogP contribution in [-0.4, -0.2) is 39.0 Å². The van der Waals surface area contributed by atoms with Gasteiger partial charge in [0.2, 0.25) is 11.8 Å². The van der Waals surface area contributed by atoms with Crippen molar-refractivity contribution in [1.82, 2.24) is 5.32 Å². The maximum Gasteiger partial charge on any atom is 0.331 e. The molecule has 0 aromatic heterocycles. The molecule has 3 aromatic carbocycles. The number of carbonyl (C=O) groups is 3. The van der Waals surface area contributed by atoms with Gasteiger partial charge in [-0.1, -0.05) is 54.6 Å². The Hall–Kier alpha value is -4.04. The second kappa shape index (κ2) is 8.87. The minimum atomic E-state index is -1.64. The lowest BCUT2D eigenvalue weighted by molar-refractivity contribution is -0.152. The highest BCUT2D eigenvalue weighted by Crippen LogP contribution is 2.54. The molecular formula is C28H26FN3O4. The fourth-order valence-electron chi connectivity index (χ4n) is 5.48. The number of benzene rings is 3. The number of nitrogens with one attached hydrogen (secondary N) is 1. The van der Waals surface area contributed by atoms with Crippen molar-refractivity contribution in [2.75, 3.05) is 31.0 Å². The van der Waals surface area contributed by atoms with E-state index in [0.29, 0.717) is 5.56 Å². The third-order valence-corrected chi connectivity index (χ3v) is 7.16. The Morgan fingerprint density at radius 2 is 1.58 bits per heavy atom. The van der Waals surface area contributed by atoms with Crippen LogP contribution in [-0.2, 0) is 24.7 Å². The molecule has 2 fully saturated rings. The number of halogens is 1. The molecule has 0 saturated carbocycles. The number of anilines is 2. The number of hydrogen-bond donors (Lipinski definition) is 1. The van der Waals surface area contributed by atoms with Crippen LogP contribution in [0.3, 0.4) is 0 Å². The van der Waals surface area contributed by atoms with Crippen LogP contribution in [0.15, 0.2) is 78.9 Å². The molecule has 3 aromatic rings. The maximum atomic E-state index is 14.8. The molecule has 4 atom stereocenters. The molecule has 0 aliphatic carbocycles. The summed E-state index contributed by atoms with van der Waals surface area (Å²) in [6, 6.07) is 21.2. The second-order valence-electron chi connectivity index (χ2n) is 9.24. The van der Waals surface area contributed by atoms with Gasteiger partial charge in [-0.05, 0) is 35.4 Å². The van der Waals surface area contributed by atoms with Gasteiger partial charge in [-0.3, -0.25) is 14.9 Å². The average molecular weight is 488 g/mol. The number of rotatable bonds is 5. The lowest BCUT2D eigenvalue weighted by Crippen LogP contribution is -2.53. The lowest BCUT2D eigenvalue weighted by atomic mass is 9.75. The Morgan fingerprint density at radius 3 is 2.19 bits per heavy atom. The van der Waals surface area contributed by atoms with Gasteiger partial charge in [0.25, 0.3) is 0 Å². The number of para-hydroxylation sites is 1. The SMILES string of the molecule is COC(=O)[C@]1(c2ccccc2)N[C@H](c2ccc(N(C)C)cc2)[C@@H]2C(=O)N(c3ccccc3F)C(=O)[C@H]21. The molecule has 2 heterocycles. The zero-order valence-corrected chi connectivity index (χ0v) is 20.1. The quantitative estimate of drug-likeness (QED) is 0.439. The maximum absolute atomic E-state index is 14.8. The highest BCUT2D eigenvalue weighted by Gasteiger charge is 2.69. The summed E-state index contributed by atoms with van der Waals surface area (Å²) in [5.41, 5.74) is 0.413. The number of fused-ring (bicyclic) bond motifs is 1. The van der Waals surface area contributed by atoms with Gasteiger partial charge in [0, 0.05) is 25.8 Å². The Balaban J connectivity index is 1.71. The van der Waals surface area contributed by atoms with Crippen molar-refractivity contribution in [3.8, 4) is 0 Å². The van der Waals surface area contributed by atoms with Gasteiger partial charge in [-0.15, -0.1) is 0 Å². The predicted octanol–water partition coefficient (Wildman–Crippen LogP) is 3.41. The fourth-order valence-corrected chi connectivity index (χ4v) is 5.48. The number of methoxy groups -OCH3 is 1. The Kier molecular flexibility index (Phi) is 5.84. The molecule has 184 valence electrons. The molecule has 0 spiro atoms. The molecule has 2 saturated heterocycles. The summed E-state index contributed by atoms with van der Waals surface area (Å²) >= 11 is 0. The van der Waals surface area contributed by atoms with Crippen LogP contribution < -0.4 is 15.1 Å². The number of carbonyl (C=O) groups excluding carboxylic acids is 3. The summed E-state index contributed by atoms with van der Waals surface area (Å²) < 4.78 is 20.0. The first-order valence-electron chi connectivity index (χ1n) is 11.6. The molecule has 0 bridgehead atoms. The van der Waals surface area contributed by atoms with Gasteiger partial charge in [-0.2, -0.15) is 0 Å². The van der Waals surface area contributed by atoms with E-state index in [0.717, 1.165) is 16.2 Å². The van der Waals surface area contributed by atoms with Crippen LogP contribution >= 0.6 is 0 Å². The van der Waals surface area contributed by atoms with Gasteiger partial charge in [0.15, 0.2) is 5.54 Å². The van der Waals surface area contributed by atoms with Crippen molar-refractivity contribution in [2.24, 2.45) is 11.8 Å². The van der Waals surface area contributed by atoms with Crippen LogP contribution in [0.5, 0.6) is 0 Å². The predicted molar refractivity (Wildman–Crippen MR) is 133 cm³/mol. The van der Waals surface area contributed by atoms with Gasteiger partial charge in [-0.25, -0.2) is 14.1 Å². The Labute approximate surface area is 208 Å². The molecule has 2 aliphatic rings. The zero-order chi connectivity index (χ0) is 25.6. The number of nitrogens with zero attached hydrogens (tertiary/aromatic N) is 2. The second-order valence-corrected chi connectivity index (χ2v) is 9.24. The first kappa shape index (κ1) is 23.7. The molecule has 8 heteroatoms. The van der Waals surface area contributed by atoms with Crippen LogP contribution in [0.1, 0.15) is 17.2 Å². The molecule has 36 heavy (non-hydrogen) atoms. The van der Waals surface area contributed by atoms with Gasteiger partial charge in [0.1, 0.15) is 5.82 Å². The molecule has 1 N–H and O–H groups in total. The zero-order valence-electron chi connectivity index (χ0n) is 20.1.